The van der Waals surface area contributed by atoms with Crippen LogP contribution in [0.15, 0.2) is 35.9 Å². The van der Waals surface area contributed by atoms with Gasteiger partial charge in [-0.3, -0.25) is 9.69 Å². The van der Waals surface area contributed by atoms with E-state index in [2.05, 4.69) is 34.5 Å². The van der Waals surface area contributed by atoms with E-state index in [-0.39, 0.29) is 12.0 Å². The number of aliphatic hydroxyl groups is 1. The number of hydrogen-bond donors (Lipinski definition) is 2. The number of allylic oxidation sites excluding steroid dienone is 1. The number of carbonyl (C=O) groups excluding carboxylic acids is 1. The van der Waals surface area contributed by atoms with Gasteiger partial charge in [-0.05, 0) is 43.2 Å². The summed E-state index contributed by atoms with van der Waals surface area (Å²) >= 11 is 0. The van der Waals surface area contributed by atoms with E-state index in [0.29, 0.717) is 6.54 Å². The Labute approximate surface area is 138 Å². The summed E-state index contributed by atoms with van der Waals surface area (Å²) < 4.78 is 0. The van der Waals surface area contributed by atoms with Crippen molar-refractivity contribution < 1.29 is 9.90 Å². The Kier molecular flexibility index (Phi) is 5.47. The Balaban J connectivity index is 1.58. The van der Waals surface area contributed by atoms with Gasteiger partial charge in [0.05, 0.1) is 6.10 Å². The maximum absolute atomic E-state index is 12.1. The molecule has 1 fully saturated rings. The zero-order valence-corrected chi connectivity index (χ0v) is 13.6. The molecule has 23 heavy (non-hydrogen) atoms. The van der Waals surface area contributed by atoms with Crippen molar-refractivity contribution in [1.82, 2.24) is 10.2 Å². The SMILES string of the molecule is O=C(NCc1ccccc1CN1CCC(O)CC1)C1=CCCC1. The van der Waals surface area contributed by atoms with Crippen LogP contribution in [0.2, 0.25) is 0 Å². The van der Waals surface area contributed by atoms with Crippen LogP contribution in [-0.2, 0) is 17.9 Å². The summed E-state index contributed by atoms with van der Waals surface area (Å²) in [6.45, 7) is 3.35. The number of amides is 1. The van der Waals surface area contributed by atoms with Crippen molar-refractivity contribution in [2.24, 2.45) is 0 Å². The molecule has 1 heterocycles. The highest BCUT2D eigenvalue weighted by atomic mass is 16.3. The molecule has 0 unspecified atom stereocenters. The van der Waals surface area contributed by atoms with Gasteiger partial charge >= 0.3 is 0 Å². The predicted molar refractivity (Wildman–Crippen MR) is 90.7 cm³/mol. The lowest BCUT2D eigenvalue weighted by molar-refractivity contribution is -0.117. The summed E-state index contributed by atoms with van der Waals surface area (Å²) in [6, 6.07) is 8.32. The quantitative estimate of drug-likeness (QED) is 0.877. The van der Waals surface area contributed by atoms with Gasteiger partial charge in [-0.15, -0.1) is 0 Å². The number of piperidine rings is 1. The molecule has 1 amide bonds. The topological polar surface area (TPSA) is 52.6 Å². The van der Waals surface area contributed by atoms with Gasteiger partial charge in [0.1, 0.15) is 0 Å². The van der Waals surface area contributed by atoms with E-state index in [4.69, 9.17) is 0 Å². The van der Waals surface area contributed by atoms with Crippen molar-refractivity contribution in [3.8, 4) is 0 Å². The lowest BCUT2D eigenvalue weighted by atomic mass is 10.0. The minimum atomic E-state index is -0.138. The molecule has 1 aromatic carbocycles. The first-order chi connectivity index (χ1) is 11.2. The monoisotopic (exact) mass is 314 g/mol. The third-order valence-electron chi connectivity index (χ3n) is 4.84. The average Bonchev–Trinajstić information content (AvgIpc) is 3.10. The van der Waals surface area contributed by atoms with Crippen LogP contribution in [0.5, 0.6) is 0 Å². The molecular weight excluding hydrogens is 288 g/mol. The third-order valence-corrected chi connectivity index (χ3v) is 4.84. The maximum atomic E-state index is 12.1. The molecule has 0 aromatic heterocycles. The van der Waals surface area contributed by atoms with Gasteiger partial charge in [0.2, 0.25) is 5.91 Å². The molecule has 1 aliphatic heterocycles. The highest BCUT2D eigenvalue weighted by Gasteiger charge is 2.18. The second kappa shape index (κ2) is 7.75. The molecule has 0 atom stereocenters. The van der Waals surface area contributed by atoms with Gasteiger partial charge in [-0.25, -0.2) is 0 Å². The number of hydrogen-bond acceptors (Lipinski definition) is 3. The van der Waals surface area contributed by atoms with Gasteiger partial charge in [-0.1, -0.05) is 30.3 Å². The van der Waals surface area contributed by atoms with Crippen LogP contribution < -0.4 is 5.32 Å². The lowest BCUT2D eigenvalue weighted by Crippen LogP contribution is -2.35. The Bertz CT molecular complexity index is 574. The number of carbonyl (C=O) groups is 1. The number of rotatable bonds is 5. The van der Waals surface area contributed by atoms with Crippen LogP contribution in [0.25, 0.3) is 0 Å². The van der Waals surface area contributed by atoms with E-state index in [1.807, 2.05) is 6.07 Å². The normalized spacial score (nSPS) is 19.6. The fraction of sp³-hybridized carbons (Fsp3) is 0.526. The molecule has 4 heteroatoms. The fourth-order valence-electron chi connectivity index (χ4n) is 3.37. The van der Waals surface area contributed by atoms with E-state index in [0.717, 1.165) is 57.3 Å². The first kappa shape index (κ1) is 16.2. The van der Waals surface area contributed by atoms with E-state index in [1.165, 1.54) is 11.1 Å². The molecule has 1 aromatic rings. The van der Waals surface area contributed by atoms with Crippen LogP contribution in [0, 0.1) is 0 Å². The summed E-state index contributed by atoms with van der Waals surface area (Å²) in [5.74, 6) is 0.0818. The summed E-state index contributed by atoms with van der Waals surface area (Å²) in [5, 5.41) is 12.7. The van der Waals surface area contributed by atoms with Gasteiger partial charge in [0.25, 0.3) is 0 Å². The molecule has 124 valence electrons. The van der Waals surface area contributed by atoms with E-state index in [9.17, 15) is 9.90 Å². The van der Waals surface area contributed by atoms with Crippen molar-refractivity contribution in [1.29, 1.82) is 0 Å². The summed E-state index contributed by atoms with van der Waals surface area (Å²) in [6.07, 6.45) is 6.66. The second-order valence-electron chi connectivity index (χ2n) is 6.58. The second-order valence-corrected chi connectivity index (χ2v) is 6.58. The van der Waals surface area contributed by atoms with E-state index < -0.39 is 0 Å². The molecule has 2 aliphatic rings. The molecule has 0 spiro atoms. The molecule has 1 aliphatic carbocycles. The smallest absolute Gasteiger partial charge is 0.247 e. The zero-order valence-electron chi connectivity index (χ0n) is 13.6. The Morgan fingerprint density at radius 1 is 1.22 bits per heavy atom. The standard InChI is InChI=1S/C19H26N2O2/c22-18-9-11-21(12-10-18)14-17-8-4-3-7-16(17)13-20-19(23)15-5-1-2-6-15/h3-5,7-8,18,22H,1-2,6,9-14H2,(H,20,23). The number of nitrogens with one attached hydrogen (secondary N) is 1. The van der Waals surface area contributed by atoms with Crippen molar-refractivity contribution in [3.05, 3.63) is 47.0 Å². The van der Waals surface area contributed by atoms with Crippen LogP contribution in [0.4, 0.5) is 0 Å². The molecular formula is C19H26N2O2. The highest BCUT2D eigenvalue weighted by molar-refractivity contribution is 5.93. The largest absolute Gasteiger partial charge is 0.393 e. The van der Waals surface area contributed by atoms with Crippen LogP contribution in [0.3, 0.4) is 0 Å². The first-order valence-electron chi connectivity index (χ1n) is 8.67. The maximum Gasteiger partial charge on any atom is 0.247 e. The van der Waals surface area contributed by atoms with Crippen molar-refractivity contribution in [3.63, 3.8) is 0 Å². The van der Waals surface area contributed by atoms with E-state index >= 15 is 0 Å². The number of benzene rings is 1. The van der Waals surface area contributed by atoms with Crippen LogP contribution in [0.1, 0.15) is 43.2 Å². The number of likely N-dealkylation sites (tertiary alicyclic amines) is 1. The first-order valence-corrected chi connectivity index (χ1v) is 8.67. The Hall–Kier alpha value is -1.65. The number of nitrogens with zero attached hydrogens (tertiary/aromatic N) is 1. The zero-order chi connectivity index (χ0) is 16.1. The fourth-order valence-corrected chi connectivity index (χ4v) is 3.37. The molecule has 1 saturated heterocycles. The van der Waals surface area contributed by atoms with Gasteiger partial charge in [0.15, 0.2) is 0 Å². The third kappa shape index (κ3) is 4.43. The molecule has 0 radical (unpaired) electrons. The summed E-state index contributed by atoms with van der Waals surface area (Å²) in [7, 11) is 0. The molecule has 0 saturated carbocycles. The van der Waals surface area contributed by atoms with Gasteiger partial charge < -0.3 is 10.4 Å². The minimum absolute atomic E-state index is 0.0818. The Morgan fingerprint density at radius 3 is 2.65 bits per heavy atom. The molecule has 0 bridgehead atoms. The van der Waals surface area contributed by atoms with Crippen LogP contribution in [-0.4, -0.2) is 35.1 Å². The van der Waals surface area contributed by atoms with Crippen LogP contribution >= 0.6 is 0 Å². The van der Waals surface area contributed by atoms with Crippen molar-refractivity contribution >= 4 is 5.91 Å². The van der Waals surface area contributed by atoms with Crippen molar-refractivity contribution in [2.45, 2.75) is 51.3 Å². The summed E-state index contributed by atoms with van der Waals surface area (Å²) in [4.78, 5) is 14.5. The van der Waals surface area contributed by atoms with E-state index in [1.54, 1.807) is 0 Å². The molecule has 2 N–H and O–H groups in total. The lowest BCUT2D eigenvalue weighted by Gasteiger charge is -2.30. The molecule has 4 nitrogen and oxygen atoms in total. The predicted octanol–water partition coefficient (Wildman–Crippen LogP) is 2.37. The van der Waals surface area contributed by atoms with Gasteiger partial charge in [0, 0.05) is 31.8 Å². The highest BCUT2D eigenvalue weighted by Crippen LogP contribution is 2.19. The Morgan fingerprint density at radius 2 is 1.96 bits per heavy atom. The number of aliphatic hydroxyl groups excluding tert-OH is 1. The minimum Gasteiger partial charge on any atom is -0.393 e. The summed E-state index contributed by atoms with van der Waals surface area (Å²) in [5.41, 5.74) is 3.39. The molecule has 3 rings (SSSR count). The van der Waals surface area contributed by atoms with Gasteiger partial charge in [-0.2, -0.15) is 0 Å². The average molecular weight is 314 g/mol. The van der Waals surface area contributed by atoms with Crippen molar-refractivity contribution in [2.75, 3.05) is 13.1 Å².